The molecule has 1 atom stereocenters. The summed E-state index contributed by atoms with van der Waals surface area (Å²) < 4.78 is 5.75. The minimum Gasteiger partial charge on any atom is -0.487 e. The summed E-state index contributed by atoms with van der Waals surface area (Å²) in [6.45, 7) is 6.33. The van der Waals surface area contributed by atoms with E-state index in [0.29, 0.717) is 13.2 Å². The standard InChI is InChI=1S/C18H21N3O2/c1-3-10-20-18(22)21-14(2)15-7-6-9-17(12-15)23-13-16-8-4-5-11-19-16/h3-9,11-12,14H,1,10,13H2,2H3,(H2,20,21,22)/t14-/m0/s1. The van der Waals surface area contributed by atoms with E-state index in [4.69, 9.17) is 4.74 Å². The zero-order chi connectivity index (χ0) is 16.5. The Kier molecular flexibility index (Phi) is 6.17. The molecule has 0 saturated heterocycles. The normalized spacial score (nSPS) is 11.3. The molecule has 2 rings (SSSR count). The zero-order valence-electron chi connectivity index (χ0n) is 13.2. The highest BCUT2D eigenvalue weighted by molar-refractivity contribution is 5.74. The van der Waals surface area contributed by atoms with Gasteiger partial charge in [-0.15, -0.1) is 6.58 Å². The van der Waals surface area contributed by atoms with Crippen molar-refractivity contribution in [3.63, 3.8) is 0 Å². The second-order valence-corrected chi connectivity index (χ2v) is 5.05. The fourth-order valence-corrected chi connectivity index (χ4v) is 2.01. The summed E-state index contributed by atoms with van der Waals surface area (Å²) in [5, 5.41) is 5.55. The first-order valence-corrected chi connectivity index (χ1v) is 7.47. The van der Waals surface area contributed by atoms with Gasteiger partial charge in [0, 0.05) is 12.7 Å². The van der Waals surface area contributed by atoms with Gasteiger partial charge in [0.05, 0.1) is 11.7 Å². The molecule has 0 fully saturated rings. The molecule has 2 amide bonds. The van der Waals surface area contributed by atoms with Gasteiger partial charge < -0.3 is 15.4 Å². The van der Waals surface area contributed by atoms with Crippen molar-refractivity contribution in [2.45, 2.75) is 19.6 Å². The molecule has 0 aliphatic rings. The van der Waals surface area contributed by atoms with Crippen LogP contribution in [0.15, 0.2) is 61.3 Å². The van der Waals surface area contributed by atoms with Crippen LogP contribution in [0.5, 0.6) is 5.75 Å². The number of pyridine rings is 1. The van der Waals surface area contributed by atoms with Crippen molar-refractivity contribution in [2.24, 2.45) is 0 Å². The Morgan fingerprint density at radius 2 is 2.22 bits per heavy atom. The summed E-state index contributed by atoms with van der Waals surface area (Å²) in [7, 11) is 0. The van der Waals surface area contributed by atoms with Crippen LogP contribution in [-0.2, 0) is 6.61 Å². The average Bonchev–Trinajstić information content (AvgIpc) is 2.59. The largest absolute Gasteiger partial charge is 0.487 e. The lowest BCUT2D eigenvalue weighted by Gasteiger charge is -2.16. The van der Waals surface area contributed by atoms with Crippen LogP contribution < -0.4 is 15.4 Å². The second kappa shape index (κ2) is 8.58. The van der Waals surface area contributed by atoms with E-state index in [1.54, 1.807) is 12.3 Å². The second-order valence-electron chi connectivity index (χ2n) is 5.05. The number of carbonyl (C=O) groups is 1. The molecule has 0 unspecified atom stereocenters. The number of hydrogen-bond donors (Lipinski definition) is 2. The van der Waals surface area contributed by atoms with E-state index in [1.165, 1.54) is 0 Å². The third-order valence-electron chi connectivity index (χ3n) is 3.23. The first-order valence-electron chi connectivity index (χ1n) is 7.47. The molecule has 0 spiro atoms. The Balaban J connectivity index is 1.93. The van der Waals surface area contributed by atoms with E-state index in [0.717, 1.165) is 17.0 Å². The zero-order valence-corrected chi connectivity index (χ0v) is 13.2. The number of aromatic nitrogens is 1. The molecule has 2 N–H and O–H groups in total. The van der Waals surface area contributed by atoms with Gasteiger partial charge in [-0.1, -0.05) is 24.3 Å². The van der Waals surface area contributed by atoms with Crippen LogP contribution in [0.2, 0.25) is 0 Å². The predicted octanol–water partition coefficient (Wildman–Crippen LogP) is 3.21. The van der Waals surface area contributed by atoms with E-state index in [1.807, 2.05) is 49.4 Å². The highest BCUT2D eigenvalue weighted by Crippen LogP contribution is 2.19. The van der Waals surface area contributed by atoms with Crippen molar-refractivity contribution >= 4 is 6.03 Å². The topological polar surface area (TPSA) is 63.2 Å². The Morgan fingerprint density at radius 3 is 2.96 bits per heavy atom. The Morgan fingerprint density at radius 1 is 1.35 bits per heavy atom. The van der Waals surface area contributed by atoms with Crippen molar-refractivity contribution in [2.75, 3.05) is 6.54 Å². The van der Waals surface area contributed by atoms with Gasteiger partial charge in [-0.3, -0.25) is 4.98 Å². The Bertz CT molecular complexity index is 644. The van der Waals surface area contributed by atoms with Crippen LogP contribution in [0.3, 0.4) is 0 Å². The van der Waals surface area contributed by atoms with Gasteiger partial charge in [0.2, 0.25) is 0 Å². The van der Waals surface area contributed by atoms with Crippen molar-refractivity contribution in [1.82, 2.24) is 15.6 Å². The Labute approximate surface area is 136 Å². The molecule has 0 saturated carbocycles. The maximum Gasteiger partial charge on any atom is 0.315 e. The highest BCUT2D eigenvalue weighted by Gasteiger charge is 2.09. The molecule has 2 aromatic rings. The molecule has 0 aliphatic carbocycles. The maximum atomic E-state index is 11.7. The summed E-state index contributed by atoms with van der Waals surface area (Å²) >= 11 is 0. The minimum atomic E-state index is -0.225. The summed E-state index contributed by atoms with van der Waals surface area (Å²) in [5.74, 6) is 0.744. The van der Waals surface area contributed by atoms with Gasteiger partial charge >= 0.3 is 6.03 Å². The van der Waals surface area contributed by atoms with Gasteiger partial charge in [0.1, 0.15) is 12.4 Å². The fourth-order valence-electron chi connectivity index (χ4n) is 2.01. The molecular weight excluding hydrogens is 290 g/mol. The van der Waals surface area contributed by atoms with Crippen LogP contribution in [-0.4, -0.2) is 17.6 Å². The molecule has 5 heteroatoms. The Hall–Kier alpha value is -2.82. The number of benzene rings is 1. The third kappa shape index (κ3) is 5.47. The molecule has 5 nitrogen and oxygen atoms in total. The first-order chi connectivity index (χ1) is 11.2. The van der Waals surface area contributed by atoms with E-state index < -0.39 is 0 Å². The SMILES string of the molecule is C=CCNC(=O)N[C@@H](C)c1cccc(OCc2ccccn2)c1. The smallest absolute Gasteiger partial charge is 0.315 e. The van der Waals surface area contributed by atoms with Crippen LogP contribution in [0, 0.1) is 0 Å². The number of nitrogens with zero attached hydrogens (tertiary/aromatic N) is 1. The predicted molar refractivity (Wildman–Crippen MR) is 90.2 cm³/mol. The monoisotopic (exact) mass is 311 g/mol. The lowest BCUT2D eigenvalue weighted by molar-refractivity contribution is 0.239. The molecule has 120 valence electrons. The molecule has 0 aliphatic heterocycles. The van der Waals surface area contributed by atoms with Crippen LogP contribution >= 0.6 is 0 Å². The first kappa shape index (κ1) is 16.5. The third-order valence-corrected chi connectivity index (χ3v) is 3.23. The van der Waals surface area contributed by atoms with Gasteiger partial charge in [0.15, 0.2) is 0 Å². The summed E-state index contributed by atoms with van der Waals surface area (Å²) in [6, 6.07) is 13.0. The number of rotatable bonds is 7. The molecular formula is C18H21N3O2. The summed E-state index contributed by atoms with van der Waals surface area (Å²) in [4.78, 5) is 15.9. The van der Waals surface area contributed by atoms with Crippen LogP contribution in [0.4, 0.5) is 4.79 Å². The van der Waals surface area contributed by atoms with Gasteiger partial charge in [-0.2, -0.15) is 0 Å². The van der Waals surface area contributed by atoms with Gasteiger partial charge in [-0.25, -0.2) is 4.79 Å². The molecule has 1 aromatic carbocycles. The highest BCUT2D eigenvalue weighted by atomic mass is 16.5. The van der Waals surface area contributed by atoms with Crippen molar-refractivity contribution < 1.29 is 9.53 Å². The number of hydrogen-bond acceptors (Lipinski definition) is 3. The molecule has 23 heavy (non-hydrogen) atoms. The van der Waals surface area contributed by atoms with Crippen molar-refractivity contribution in [1.29, 1.82) is 0 Å². The number of nitrogens with one attached hydrogen (secondary N) is 2. The quantitative estimate of drug-likeness (QED) is 0.772. The minimum absolute atomic E-state index is 0.127. The maximum absolute atomic E-state index is 11.7. The number of urea groups is 1. The van der Waals surface area contributed by atoms with Crippen molar-refractivity contribution in [3.8, 4) is 5.75 Å². The lowest BCUT2D eigenvalue weighted by Crippen LogP contribution is -2.37. The van der Waals surface area contributed by atoms with E-state index in [9.17, 15) is 4.79 Å². The number of ether oxygens (including phenoxy) is 1. The van der Waals surface area contributed by atoms with E-state index in [-0.39, 0.29) is 12.1 Å². The van der Waals surface area contributed by atoms with E-state index >= 15 is 0 Å². The molecule has 1 heterocycles. The summed E-state index contributed by atoms with van der Waals surface area (Å²) in [6.07, 6.45) is 3.37. The average molecular weight is 311 g/mol. The summed E-state index contributed by atoms with van der Waals surface area (Å²) in [5.41, 5.74) is 1.84. The molecule has 0 bridgehead atoms. The van der Waals surface area contributed by atoms with E-state index in [2.05, 4.69) is 22.2 Å². The van der Waals surface area contributed by atoms with Gasteiger partial charge in [-0.05, 0) is 36.8 Å². The van der Waals surface area contributed by atoms with Crippen LogP contribution in [0.25, 0.3) is 0 Å². The lowest BCUT2D eigenvalue weighted by atomic mass is 10.1. The number of amides is 2. The molecule has 1 aromatic heterocycles. The number of carbonyl (C=O) groups excluding carboxylic acids is 1. The fraction of sp³-hybridized carbons (Fsp3) is 0.222. The van der Waals surface area contributed by atoms with Crippen LogP contribution in [0.1, 0.15) is 24.2 Å². The molecule has 0 radical (unpaired) electrons. The van der Waals surface area contributed by atoms with Crippen molar-refractivity contribution in [3.05, 3.63) is 72.6 Å². The van der Waals surface area contributed by atoms with Gasteiger partial charge in [0.25, 0.3) is 0 Å².